The number of amides is 1. The number of rotatable bonds is 6. The molecule has 0 aliphatic carbocycles. The molecule has 27 heavy (non-hydrogen) atoms. The maximum absolute atomic E-state index is 12.6. The average molecular weight is 366 g/mol. The highest BCUT2D eigenvalue weighted by atomic mass is 16.2. The minimum Gasteiger partial charge on any atom is -0.339 e. The van der Waals surface area contributed by atoms with Crippen molar-refractivity contribution in [2.75, 3.05) is 33.7 Å². The minimum absolute atomic E-state index is 0.153. The summed E-state index contributed by atoms with van der Waals surface area (Å²) in [5.74, 6) is 0.153. The molecule has 0 saturated carbocycles. The molecule has 1 saturated heterocycles. The van der Waals surface area contributed by atoms with Gasteiger partial charge in [-0.15, -0.1) is 0 Å². The van der Waals surface area contributed by atoms with Crippen LogP contribution in [-0.4, -0.2) is 55.5 Å². The molecule has 2 aromatic carbocycles. The second kappa shape index (κ2) is 9.16. The van der Waals surface area contributed by atoms with E-state index >= 15 is 0 Å². The molecule has 1 fully saturated rings. The third-order valence-electron chi connectivity index (χ3n) is 5.57. The number of hydrogen-bond acceptors (Lipinski definition) is 3. The number of likely N-dealkylation sites (tertiary alicyclic amines) is 1. The standard InChI is InChI=1S/C23H31N3O/c1-18-9-7-8-12-21(18)22(25(2)3)17-24-20-13-15-26(16-14-20)23(27)19-10-5-4-6-11-19/h4-12,20,22,24H,13-17H2,1-3H3/t22-/m0/s1. The van der Waals surface area contributed by atoms with Gasteiger partial charge in [-0.3, -0.25) is 4.79 Å². The van der Waals surface area contributed by atoms with E-state index in [1.807, 2.05) is 35.2 Å². The number of piperidine rings is 1. The lowest BCUT2D eigenvalue weighted by Gasteiger charge is -2.34. The Morgan fingerprint density at radius 1 is 1.07 bits per heavy atom. The van der Waals surface area contributed by atoms with Crippen molar-refractivity contribution in [1.29, 1.82) is 0 Å². The van der Waals surface area contributed by atoms with Crippen LogP contribution >= 0.6 is 0 Å². The topological polar surface area (TPSA) is 35.6 Å². The summed E-state index contributed by atoms with van der Waals surface area (Å²) in [6.07, 6.45) is 2.01. The maximum atomic E-state index is 12.6. The maximum Gasteiger partial charge on any atom is 0.253 e. The molecular weight excluding hydrogens is 334 g/mol. The zero-order chi connectivity index (χ0) is 19.2. The van der Waals surface area contributed by atoms with Crippen molar-refractivity contribution in [3.63, 3.8) is 0 Å². The summed E-state index contributed by atoms with van der Waals surface area (Å²) in [5, 5.41) is 3.75. The van der Waals surface area contributed by atoms with Gasteiger partial charge in [0.15, 0.2) is 0 Å². The normalized spacial score (nSPS) is 16.5. The number of aryl methyl sites for hydroxylation is 1. The van der Waals surface area contributed by atoms with Crippen LogP contribution in [0.5, 0.6) is 0 Å². The summed E-state index contributed by atoms with van der Waals surface area (Å²) >= 11 is 0. The van der Waals surface area contributed by atoms with E-state index in [2.05, 4.69) is 55.5 Å². The summed E-state index contributed by atoms with van der Waals surface area (Å²) < 4.78 is 0. The quantitative estimate of drug-likeness (QED) is 0.851. The van der Waals surface area contributed by atoms with E-state index in [-0.39, 0.29) is 5.91 Å². The number of hydrogen-bond donors (Lipinski definition) is 1. The second-order valence-corrected chi connectivity index (χ2v) is 7.68. The molecule has 144 valence electrons. The predicted molar refractivity (Wildman–Crippen MR) is 111 cm³/mol. The highest BCUT2D eigenvalue weighted by molar-refractivity contribution is 5.94. The third-order valence-corrected chi connectivity index (χ3v) is 5.57. The lowest BCUT2D eigenvalue weighted by atomic mass is 9.99. The fourth-order valence-electron chi connectivity index (χ4n) is 3.86. The Morgan fingerprint density at radius 2 is 1.70 bits per heavy atom. The van der Waals surface area contributed by atoms with Crippen molar-refractivity contribution in [3.05, 3.63) is 71.3 Å². The molecule has 0 aromatic heterocycles. The van der Waals surface area contributed by atoms with Gasteiger partial charge >= 0.3 is 0 Å². The van der Waals surface area contributed by atoms with Gasteiger partial charge in [0.05, 0.1) is 0 Å². The zero-order valence-corrected chi connectivity index (χ0v) is 16.7. The molecule has 2 aromatic rings. The first-order chi connectivity index (χ1) is 13.1. The number of likely N-dealkylation sites (N-methyl/N-ethyl adjacent to an activating group) is 1. The lowest BCUT2D eigenvalue weighted by Crippen LogP contribution is -2.46. The Hall–Kier alpha value is -2.17. The van der Waals surface area contributed by atoms with Crippen molar-refractivity contribution in [3.8, 4) is 0 Å². The van der Waals surface area contributed by atoms with E-state index in [0.29, 0.717) is 12.1 Å². The highest BCUT2D eigenvalue weighted by Crippen LogP contribution is 2.22. The van der Waals surface area contributed by atoms with Crippen LogP contribution in [0.3, 0.4) is 0 Å². The van der Waals surface area contributed by atoms with Gasteiger partial charge in [-0.2, -0.15) is 0 Å². The molecule has 1 aliphatic rings. The molecule has 4 heteroatoms. The van der Waals surface area contributed by atoms with E-state index in [4.69, 9.17) is 0 Å². The smallest absolute Gasteiger partial charge is 0.253 e. The highest BCUT2D eigenvalue weighted by Gasteiger charge is 2.24. The molecule has 1 amide bonds. The lowest BCUT2D eigenvalue weighted by molar-refractivity contribution is 0.0703. The SMILES string of the molecule is Cc1ccccc1[C@H](CNC1CCN(C(=O)c2ccccc2)CC1)N(C)C. The van der Waals surface area contributed by atoms with Crippen molar-refractivity contribution >= 4 is 5.91 Å². The van der Waals surface area contributed by atoms with Crippen molar-refractivity contribution < 1.29 is 4.79 Å². The van der Waals surface area contributed by atoms with Gasteiger partial charge in [0, 0.05) is 37.3 Å². The van der Waals surface area contributed by atoms with Crippen LogP contribution in [0.1, 0.15) is 40.4 Å². The molecule has 1 N–H and O–H groups in total. The first-order valence-electron chi connectivity index (χ1n) is 9.86. The molecule has 3 rings (SSSR count). The number of carbonyl (C=O) groups is 1. The molecule has 0 unspecified atom stereocenters. The van der Waals surface area contributed by atoms with Gasteiger partial charge in [-0.25, -0.2) is 0 Å². The third kappa shape index (κ3) is 4.96. The summed E-state index contributed by atoms with van der Waals surface area (Å²) in [6, 6.07) is 19.0. The Morgan fingerprint density at radius 3 is 2.33 bits per heavy atom. The van der Waals surface area contributed by atoms with E-state index in [1.54, 1.807) is 0 Å². The summed E-state index contributed by atoms with van der Waals surface area (Å²) in [6.45, 7) is 4.75. The van der Waals surface area contributed by atoms with E-state index in [1.165, 1.54) is 11.1 Å². The fourth-order valence-corrected chi connectivity index (χ4v) is 3.86. The second-order valence-electron chi connectivity index (χ2n) is 7.68. The van der Waals surface area contributed by atoms with Crippen LogP contribution in [-0.2, 0) is 0 Å². The van der Waals surface area contributed by atoms with Gasteiger partial charge in [0.1, 0.15) is 0 Å². The summed E-state index contributed by atoms with van der Waals surface area (Å²) in [4.78, 5) is 16.8. The van der Waals surface area contributed by atoms with Crippen molar-refractivity contribution in [1.82, 2.24) is 15.1 Å². The largest absolute Gasteiger partial charge is 0.339 e. The molecule has 1 aliphatic heterocycles. The Balaban J connectivity index is 1.53. The number of nitrogens with zero attached hydrogens (tertiary/aromatic N) is 2. The molecular formula is C23H31N3O. The summed E-state index contributed by atoms with van der Waals surface area (Å²) in [7, 11) is 4.28. The first kappa shape index (κ1) is 19.6. The fraction of sp³-hybridized carbons (Fsp3) is 0.435. The molecule has 0 spiro atoms. The Labute approximate surface area is 163 Å². The number of nitrogens with one attached hydrogen (secondary N) is 1. The predicted octanol–water partition coefficient (Wildman–Crippen LogP) is 3.49. The molecule has 1 atom stereocenters. The van der Waals surface area contributed by atoms with Crippen LogP contribution < -0.4 is 5.32 Å². The van der Waals surface area contributed by atoms with E-state index in [9.17, 15) is 4.79 Å². The zero-order valence-electron chi connectivity index (χ0n) is 16.7. The van der Waals surface area contributed by atoms with Gasteiger partial charge in [0.25, 0.3) is 5.91 Å². The molecule has 4 nitrogen and oxygen atoms in total. The van der Waals surface area contributed by atoms with Crippen LogP contribution in [0.2, 0.25) is 0 Å². The monoisotopic (exact) mass is 365 g/mol. The number of benzene rings is 2. The van der Waals surface area contributed by atoms with Crippen LogP contribution in [0.25, 0.3) is 0 Å². The van der Waals surface area contributed by atoms with Crippen LogP contribution in [0, 0.1) is 6.92 Å². The minimum atomic E-state index is 0.153. The average Bonchev–Trinajstić information content (AvgIpc) is 2.70. The Kier molecular flexibility index (Phi) is 6.64. The van der Waals surface area contributed by atoms with E-state index in [0.717, 1.165) is 38.0 Å². The van der Waals surface area contributed by atoms with Gasteiger partial charge < -0.3 is 15.1 Å². The van der Waals surface area contributed by atoms with Crippen molar-refractivity contribution in [2.45, 2.75) is 31.8 Å². The first-order valence-corrected chi connectivity index (χ1v) is 9.86. The van der Waals surface area contributed by atoms with Crippen molar-refractivity contribution in [2.24, 2.45) is 0 Å². The molecule has 1 heterocycles. The number of carbonyl (C=O) groups excluding carboxylic acids is 1. The van der Waals surface area contributed by atoms with Gasteiger partial charge in [0.2, 0.25) is 0 Å². The molecule has 0 bridgehead atoms. The Bertz CT molecular complexity index is 736. The van der Waals surface area contributed by atoms with Crippen LogP contribution in [0.15, 0.2) is 54.6 Å². The van der Waals surface area contributed by atoms with E-state index < -0.39 is 0 Å². The summed E-state index contributed by atoms with van der Waals surface area (Å²) in [5.41, 5.74) is 3.50. The van der Waals surface area contributed by atoms with Gasteiger partial charge in [-0.1, -0.05) is 42.5 Å². The molecule has 0 radical (unpaired) electrons. The van der Waals surface area contributed by atoms with Crippen LogP contribution in [0.4, 0.5) is 0 Å². The van der Waals surface area contributed by atoms with Gasteiger partial charge in [-0.05, 0) is 57.1 Å².